The van der Waals surface area contributed by atoms with Gasteiger partial charge in [-0.1, -0.05) is 30.3 Å². The highest BCUT2D eigenvalue weighted by atomic mass is 16.5. The Morgan fingerprint density at radius 2 is 2.19 bits per heavy atom. The molecule has 2 aliphatic rings. The molecule has 0 saturated carbocycles. The van der Waals surface area contributed by atoms with Crippen LogP contribution in [0.5, 0.6) is 0 Å². The number of amides is 1. The van der Waals surface area contributed by atoms with Gasteiger partial charge in [0, 0.05) is 19.6 Å². The number of hydrazine groups is 2. The summed E-state index contributed by atoms with van der Waals surface area (Å²) in [7, 11) is 0. The van der Waals surface area contributed by atoms with Crippen molar-refractivity contribution in [2.24, 2.45) is 0 Å². The Hall–Kier alpha value is -1.47. The Balaban J connectivity index is 1.49. The summed E-state index contributed by atoms with van der Waals surface area (Å²) < 4.78 is 5.97. The molecule has 2 unspecified atom stereocenters. The zero-order chi connectivity index (χ0) is 14.5. The van der Waals surface area contributed by atoms with Gasteiger partial charge >= 0.3 is 0 Å². The third kappa shape index (κ3) is 3.79. The van der Waals surface area contributed by atoms with Crippen LogP contribution < -0.4 is 16.4 Å². The first-order chi connectivity index (χ1) is 10.3. The van der Waals surface area contributed by atoms with E-state index in [0.717, 1.165) is 19.4 Å². The lowest BCUT2D eigenvalue weighted by Crippen LogP contribution is -2.51. The van der Waals surface area contributed by atoms with Gasteiger partial charge in [0.05, 0.1) is 12.7 Å². The molecule has 2 saturated heterocycles. The standard InChI is InChI=1S/C15H22N4O2/c20-15(14-9-16-18-17-14)19-8-4-7-13(10-19)21-11-12-5-2-1-3-6-12/h1-3,5-6,13-14,16-18H,4,7-11H2. The molecule has 2 atom stereocenters. The van der Waals surface area contributed by atoms with Crippen molar-refractivity contribution < 1.29 is 9.53 Å². The van der Waals surface area contributed by atoms with Crippen LogP contribution in [0.1, 0.15) is 18.4 Å². The topological polar surface area (TPSA) is 65.6 Å². The molecule has 0 radical (unpaired) electrons. The van der Waals surface area contributed by atoms with Crippen molar-refractivity contribution in [1.29, 1.82) is 0 Å². The SMILES string of the molecule is O=C(C1CNNN1)N1CCCC(OCc2ccccc2)C1. The largest absolute Gasteiger partial charge is 0.372 e. The highest BCUT2D eigenvalue weighted by Gasteiger charge is 2.30. The fraction of sp³-hybridized carbons (Fsp3) is 0.533. The molecule has 0 aliphatic carbocycles. The summed E-state index contributed by atoms with van der Waals surface area (Å²) in [6.45, 7) is 2.73. The van der Waals surface area contributed by atoms with Gasteiger partial charge in [0.2, 0.25) is 5.91 Å². The van der Waals surface area contributed by atoms with Crippen molar-refractivity contribution in [3.05, 3.63) is 35.9 Å². The number of rotatable bonds is 4. The number of benzene rings is 1. The van der Waals surface area contributed by atoms with Crippen molar-refractivity contribution in [3.8, 4) is 0 Å². The van der Waals surface area contributed by atoms with E-state index in [0.29, 0.717) is 19.7 Å². The first-order valence-electron chi connectivity index (χ1n) is 7.50. The van der Waals surface area contributed by atoms with E-state index in [-0.39, 0.29) is 18.1 Å². The van der Waals surface area contributed by atoms with Gasteiger partial charge in [-0.15, -0.1) is 0 Å². The van der Waals surface area contributed by atoms with Crippen molar-refractivity contribution in [3.63, 3.8) is 0 Å². The fourth-order valence-corrected chi connectivity index (χ4v) is 2.77. The molecule has 2 aliphatic heterocycles. The van der Waals surface area contributed by atoms with Crippen LogP contribution in [-0.4, -0.2) is 42.6 Å². The summed E-state index contributed by atoms with van der Waals surface area (Å²) in [6.07, 6.45) is 2.15. The van der Waals surface area contributed by atoms with Crippen molar-refractivity contribution in [2.45, 2.75) is 31.6 Å². The minimum Gasteiger partial charge on any atom is -0.372 e. The molecule has 2 fully saturated rings. The molecule has 1 amide bonds. The normalized spacial score (nSPS) is 26.0. The Kier molecular flexibility index (Phi) is 4.82. The summed E-state index contributed by atoms with van der Waals surface area (Å²) in [5, 5.41) is 0. The van der Waals surface area contributed by atoms with Gasteiger partial charge in [-0.2, -0.15) is 5.53 Å². The van der Waals surface area contributed by atoms with Gasteiger partial charge in [0.1, 0.15) is 6.04 Å². The van der Waals surface area contributed by atoms with E-state index in [4.69, 9.17) is 4.74 Å². The number of carbonyl (C=O) groups is 1. The average molecular weight is 290 g/mol. The van der Waals surface area contributed by atoms with E-state index in [9.17, 15) is 4.79 Å². The number of nitrogens with zero attached hydrogens (tertiary/aromatic N) is 1. The van der Waals surface area contributed by atoms with Crippen molar-refractivity contribution in [1.82, 2.24) is 21.3 Å². The summed E-state index contributed by atoms with van der Waals surface area (Å²) in [4.78, 5) is 14.3. The predicted molar refractivity (Wildman–Crippen MR) is 78.9 cm³/mol. The smallest absolute Gasteiger partial charge is 0.242 e. The van der Waals surface area contributed by atoms with Gasteiger partial charge in [-0.25, -0.2) is 10.9 Å². The van der Waals surface area contributed by atoms with Crippen LogP contribution in [-0.2, 0) is 16.1 Å². The molecular formula is C15H22N4O2. The third-order valence-electron chi connectivity index (χ3n) is 3.96. The molecule has 1 aromatic carbocycles. The highest BCUT2D eigenvalue weighted by molar-refractivity contribution is 5.82. The molecule has 2 heterocycles. The Labute approximate surface area is 124 Å². The van der Waals surface area contributed by atoms with Gasteiger partial charge < -0.3 is 9.64 Å². The van der Waals surface area contributed by atoms with Crippen molar-refractivity contribution >= 4 is 5.91 Å². The maximum Gasteiger partial charge on any atom is 0.242 e. The molecule has 3 rings (SSSR count). The van der Waals surface area contributed by atoms with E-state index < -0.39 is 0 Å². The zero-order valence-corrected chi connectivity index (χ0v) is 12.0. The fourth-order valence-electron chi connectivity index (χ4n) is 2.77. The van der Waals surface area contributed by atoms with Gasteiger partial charge in [0.15, 0.2) is 0 Å². The van der Waals surface area contributed by atoms with Crippen LogP contribution in [0, 0.1) is 0 Å². The molecule has 1 aromatic rings. The lowest BCUT2D eigenvalue weighted by Gasteiger charge is -2.34. The monoisotopic (exact) mass is 290 g/mol. The minimum absolute atomic E-state index is 0.130. The maximum atomic E-state index is 12.3. The van der Waals surface area contributed by atoms with Crippen LogP contribution >= 0.6 is 0 Å². The van der Waals surface area contributed by atoms with E-state index in [1.54, 1.807) is 0 Å². The number of nitrogens with one attached hydrogen (secondary N) is 3. The Morgan fingerprint density at radius 3 is 2.95 bits per heavy atom. The molecule has 0 aromatic heterocycles. The summed E-state index contributed by atoms with van der Waals surface area (Å²) >= 11 is 0. The van der Waals surface area contributed by atoms with Crippen LogP contribution in [0.3, 0.4) is 0 Å². The lowest BCUT2D eigenvalue weighted by atomic mass is 10.1. The predicted octanol–water partition coefficient (Wildman–Crippen LogP) is 0.175. The zero-order valence-electron chi connectivity index (χ0n) is 12.0. The number of carbonyl (C=O) groups excluding carboxylic acids is 1. The average Bonchev–Trinajstić information content (AvgIpc) is 3.08. The molecule has 114 valence electrons. The van der Waals surface area contributed by atoms with E-state index in [2.05, 4.69) is 28.5 Å². The van der Waals surface area contributed by atoms with Gasteiger partial charge in [0.25, 0.3) is 0 Å². The van der Waals surface area contributed by atoms with Gasteiger partial charge in [-0.3, -0.25) is 4.79 Å². The van der Waals surface area contributed by atoms with E-state index in [1.807, 2.05) is 23.1 Å². The minimum atomic E-state index is -0.183. The van der Waals surface area contributed by atoms with Crippen LogP contribution in [0.25, 0.3) is 0 Å². The number of hydrogen-bond acceptors (Lipinski definition) is 5. The second-order valence-corrected chi connectivity index (χ2v) is 5.55. The second kappa shape index (κ2) is 7.00. The third-order valence-corrected chi connectivity index (χ3v) is 3.96. The Morgan fingerprint density at radius 1 is 1.33 bits per heavy atom. The first kappa shape index (κ1) is 14.5. The number of likely N-dealkylation sites (tertiary alicyclic amines) is 1. The number of piperidine rings is 1. The Bertz CT molecular complexity index is 462. The van der Waals surface area contributed by atoms with Crippen LogP contribution in [0.4, 0.5) is 0 Å². The summed E-state index contributed by atoms with van der Waals surface area (Å²) in [5.74, 6) is 0.139. The number of ether oxygens (including phenoxy) is 1. The second-order valence-electron chi connectivity index (χ2n) is 5.55. The molecule has 3 N–H and O–H groups in total. The quantitative estimate of drug-likeness (QED) is 0.738. The lowest BCUT2D eigenvalue weighted by molar-refractivity contribution is -0.137. The maximum absolute atomic E-state index is 12.3. The van der Waals surface area contributed by atoms with Crippen LogP contribution in [0.15, 0.2) is 30.3 Å². The van der Waals surface area contributed by atoms with Gasteiger partial charge in [-0.05, 0) is 18.4 Å². The van der Waals surface area contributed by atoms with E-state index in [1.165, 1.54) is 5.56 Å². The molecule has 6 heteroatoms. The summed E-state index contributed by atoms with van der Waals surface area (Å²) in [5.41, 5.74) is 9.79. The van der Waals surface area contributed by atoms with Crippen molar-refractivity contribution in [2.75, 3.05) is 19.6 Å². The first-order valence-corrected chi connectivity index (χ1v) is 7.50. The molecular weight excluding hydrogens is 268 g/mol. The molecule has 0 spiro atoms. The molecule has 0 bridgehead atoms. The van der Waals surface area contributed by atoms with Crippen LogP contribution in [0.2, 0.25) is 0 Å². The van der Waals surface area contributed by atoms with E-state index >= 15 is 0 Å². The molecule has 6 nitrogen and oxygen atoms in total. The summed E-state index contributed by atoms with van der Waals surface area (Å²) in [6, 6.07) is 9.97. The number of hydrogen-bond donors (Lipinski definition) is 3. The molecule has 21 heavy (non-hydrogen) atoms. The highest BCUT2D eigenvalue weighted by Crippen LogP contribution is 2.16.